The zero-order valence-corrected chi connectivity index (χ0v) is 12.4. The summed E-state index contributed by atoms with van der Waals surface area (Å²) in [5.41, 5.74) is 2.50. The number of hydrogen-bond acceptors (Lipinski definition) is 4. The Morgan fingerprint density at radius 1 is 1.14 bits per heavy atom. The van der Waals surface area contributed by atoms with E-state index in [0.29, 0.717) is 11.0 Å². The molecule has 3 aromatic rings. The van der Waals surface area contributed by atoms with Gasteiger partial charge in [0.2, 0.25) is 0 Å². The van der Waals surface area contributed by atoms with Gasteiger partial charge >= 0.3 is 0 Å². The molecule has 0 aliphatic rings. The van der Waals surface area contributed by atoms with E-state index < -0.39 is 10.0 Å². The van der Waals surface area contributed by atoms with Crippen molar-refractivity contribution in [1.82, 2.24) is 15.2 Å². The van der Waals surface area contributed by atoms with Crippen LogP contribution in [-0.4, -0.2) is 23.6 Å². The second kappa shape index (κ2) is 4.85. The fourth-order valence-electron chi connectivity index (χ4n) is 2.00. The third-order valence-corrected chi connectivity index (χ3v) is 4.69. The first-order valence-corrected chi connectivity index (χ1v) is 7.85. The fourth-order valence-corrected chi connectivity index (χ4v) is 3.11. The van der Waals surface area contributed by atoms with Crippen molar-refractivity contribution in [1.29, 1.82) is 0 Å². The van der Waals surface area contributed by atoms with Crippen LogP contribution in [0.4, 0.5) is 5.82 Å². The van der Waals surface area contributed by atoms with E-state index >= 15 is 0 Å². The largest absolute Gasteiger partial charge is 0.263 e. The highest BCUT2D eigenvalue weighted by Crippen LogP contribution is 2.22. The second-order valence-corrected chi connectivity index (χ2v) is 6.51. The van der Waals surface area contributed by atoms with Crippen LogP contribution in [0, 0.1) is 13.8 Å². The van der Waals surface area contributed by atoms with Gasteiger partial charge in [-0.15, -0.1) is 0 Å². The molecule has 0 atom stereocenters. The van der Waals surface area contributed by atoms with Crippen LogP contribution in [-0.2, 0) is 10.0 Å². The number of aryl methyl sites for hydroxylation is 2. The molecule has 0 radical (unpaired) electrons. The van der Waals surface area contributed by atoms with Crippen LogP contribution in [0.3, 0.4) is 0 Å². The highest BCUT2D eigenvalue weighted by atomic mass is 32.2. The average Bonchev–Trinajstić information content (AvgIpc) is 2.85. The van der Waals surface area contributed by atoms with E-state index in [-0.39, 0.29) is 10.7 Å². The molecule has 2 N–H and O–H groups in total. The standard InChI is InChI=1S/C14H14N4O2S/c1-9-5-6-11(8-10(9)2)21(19,20)18-14-12-4-3-7-15-13(12)16-17-14/h3-8H,1-2H3,(H2,15,16,17,18). The van der Waals surface area contributed by atoms with Gasteiger partial charge in [-0.2, -0.15) is 5.10 Å². The summed E-state index contributed by atoms with van der Waals surface area (Å²) >= 11 is 0. The Balaban J connectivity index is 2.01. The fraction of sp³-hybridized carbons (Fsp3) is 0.143. The molecule has 0 bridgehead atoms. The van der Waals surface area contributed by atoms with Crippen molar-refractivity contribution in [3.8, 4) is 0 Å². The molecule has 0 unspecified atom stereocenters. The summed E-state index contributed by atoms with van der Waals surface area (Å²) in [6.07, 6.45) is 1.61. The van der Waals surface area contributed by atoms with Crippen LogP contribution >= 0.6 is 0 Å². The van der Waals surface area contributed by atoms with E-state index in [2.05, 4.69) is 19.9 Å². The van der Waals surface area contributed by atoms with Crippen LogP contribution < -0.4 is 4.72 Å². The van der Waals surface area contributed by atoms with Crippen LogP contribution in [0.1, 0.15) is 11.1 Å². The normalized spacial score (nSPS) is 11.7. The van der Waals surface area contributed by atoms with Gasteiger partial charge in [-0.1, -0.05) is 6.07 Å². The molecular weight excluding hydrogens is 288 g/mol. The van der Waals surface area contributed by atoms with Gasteiger partial charge in [0.25, 0.3) is 10.0 Å². The lowest BCUT2D eigenvalue weighted by Crippen LogP contribution is -2.13. The third-order valence-electron chi connectivity index (χ3n) is 3.36. The maximum absolute atomic E-state index is 12.4. The molecule has 1 aromatic carbocycles. The third kappa shape index (κ3) is 2.47. The first kappa shape index (κ1) is 13.6. The number of H-pyrrole nitrogens is 1. The van der Waals surface area contributed by atoms with E-state index in [0.717, 1.165) is 11.1 Å². The van der Waals surface area contributed by atoms with Crippen molar-refractivity contribution in [3.63, 3.8) is 0 Å². The van der Waals surface area contributed by atoms with Gasteiger partial charge in [-0.25, -0.2) is 13.4 Å². The van der Waals surface area contributed by atoms with E-state index in [9.17, 15) is 8.42 Å². The van der Waals surface area contributed by atoms with E-state index in [4.69, 9.17) is 0 Å². The molecule has 0 fully saturated rings. The van der Waals surface area contributed by atoms with Gasteiger partial charge in [0.15, 0.2) is 11.5 Å². The Hall–Kier alpha value is -2.41. The van der Waals surface area contributed by atoms with Crippen molar-refractivity contribution in [2.75, 3.05) is 4.72 Å². The maximum atomic E-state index is 12.4. The Labute approximate surface area is 122 Å². The monoisotopic (exact) mass is 302 g/mol. The molecule has 6 nitrogen and oxygen atoms in total. The topological polar surface area (TPSA) is 87.7 Å². The smallest absolute Gasteiger partial charge is 0.261 e. The predicted molar refractivity (Wildman–Crippen MR) is 80.6 cm³/mol. The number of benzene rings is 1. The van der Waals surface area contributed by atoms with E-state index in [1.807, 2.05) is 13.8 Å². The summed E-state index contributed by atoms with van der Waals surface area (Å²) in [6, 6.07) is 8.49. The second-order valence-electron chi connectivity index (χ2n) is 4.82. The molecular formula is C14H14N4O2S. The van der Waals surface area contributed by atoms with Crippen molar-refractivity contribution in [2.24, 2.45) is 0 Å². The molecule has 108 valence electrons. The van der Waals surface area contributed by atoms with Gasteiger partial charge in [0.05, 0.1) is 10.3 Å². The molecule has 7 heteroatoms. The Morgan fingerprint density at radius 2 is 1.95 bits per heavy atom. The predicted octanol–water partition coefficient (Wildman–Crippen LogP) is 2.38. The number of aromatic amines is 1. The summed E-state index contributed by atoms with van der Waals surface area (Å²) < 4.78 is 27.3. The lowest BCUT2D eigenvalue weighted by molar-refractivity contribution is 0.601. The molecule has 0 saturated heterocycles. The molecule has 0 spiro atoms. The molecule has 21 heavy (non-hydrogen) atoms. The Bertz CT molecular complexity index is 916. The highest BCUT2D eigenvalue weighted by molar-refractivity contribution is 7.92. The number of aromatic nitrogens is 3. The maximum Gasteiger partial charge on any atom is 0.263 e. The quantitative estimate of drug-likeness (QED) is 0.777. The minimum absolute atomic E-state index is 0.214. The SMILES string of the molecule is Cc1ccc(S(=O)(=O)Nc2n[nH]c3ncccc23)cc1C. The number of anilines is 1. The first-order valence-electron chi connectivity index (χ1n) is 6.36. The van der Waals surface area contributed by atoms with Crippen molar-refractivity contribution in [2.45, 2.75) is 18.7 Å². The Morgan fingerprint density at radius 3 is 2.71 bits per heavy atom. The summed E-state index contributed by atoms with van der Waals surface area (Å²) in [5, 5.41) is 7.29. The van der Waals surface area contributed by atoms with Crippen LogP contribution in [0.2, 0.25) is 0 Å². The number of nitrogens with one attached hydrogen (secondary N) is 2. The summed E-state index contributed by atoms with van der Waals surface area (Å²) in [6.45, 7) is 3.81. The van der Waals surface area contributed by atoms with E-state index in [1.165, 1.54) is 0 Å². The number of sulfonamides is 1. The number of rotatable bonds is 3. The van der Waals surface area contributed by atoms with Crippen molar-refractivity contribution >= 4 is 26.9 Å². The first-order chi connectivity index (χ1) is 9.97. The number of nitrogens with zero attached hydrogens (tertiary/aromatic N) is 2. The molecule has 2 heterocycles. The molecule has 2 aromatic heterocycles. The highest BCUT2D eigenvalue weighted by Gasteiger charge is 2.18. The van der Waals surface area contributed by atoms with E-state index in [1.54, 1.807) is 36.5 Å². The van der Waals surface area contributed by atoms with Gasteiger partial charge in [0, 0.05) is 6.20 Å². The number of fused-ring (bicyclic) bond motifs is 1. The average molecular weight is 302 g/mol. The van der Waals surface area contributed by atoms with Gasteiger partial charge in [0.1, 0.15) is 0 Å². The Kier molecular flexibility index (Phi) is 3.13. The minimum atomic E-state index is -3.67. The minimum Gasteiger partial charge on any atom is -0.261 e. The lowest BCUT2D eigenvalue weighted by atomic mass is 10.1. The number of pyridine rings is 1. The van der Waals surface area contributed by atoms with Crippen LogP contribution in [0.25, 0.3) is 11.0 Å². The molecule has 0 aliphatic carbocycles. The van der Waals surface area contributed by atoms with Gasteiger partial charge in [-0.3, -0.25) is 9.82 Å². The number of hydrogen-bond donors (Lipinski definition) is 2. The van der Waals surface area contributed by atoms with Crippen LogP contribution in [0.5, 0.6) is 0 Å². The molecule has 0 aliphatic heterocycles. The van der Waals surface area contributed by atoms with Gasteiger partial charge < -0.3 is 0 Å². The molecule has 0 amide bonds. The zero-order chi connectivity index (χ0) is 15.0. The van der Waals surface area contributed by atoms with Crippen LogP contribution in [0.15, 0.2) is 41.4 Å². The summed E-state index contributed by atoms with van der Waals surface area (Å²) in [4.78, 5) is 4.29. The summed E-state index contributed by atoms with van der Waals surface area (Å²) in [5.74, 6) is 0.247. The zero-order valence-electron chi connectivity index (χ0n) is 11.6. The molecule has 3 rings (SSSR count). The molecule has 0 saturated carbocycles. The van der Waals surface area contributed by atoms with Crippen molar-refractivity contribution in [3.05, 3.63) is 47.7 Å². The van der Waals surface area contributed by atoms with Crippen molar-refractivity contribution < 1.29 is 8.42 Å². The lowest BCUT2D eigenvalue weighted by Gasteiger charge is -2.08. The van der Waals surface area contributed by atoms with Gasteiger partial charge in [-0.05, 0) is 49.2 Å². The summed E-state index contributed by atoms with van der Waals surface area (Å²) in [7, 11) is -3.67.